The Morgan fingerprint density at radius 3 is 2.90 bits per heavy atom. The largest absolute Gasteiger partial charge is 0.356 e. The maximum Gasteiger partial charge on any atom is 0.266 e. The summed E-state index contributed by atoms with van der Waals surface area (Å²) in [5.41, 5.74) is 0.271. The van der Waals surface area contributed by atoms with Gasteiger partial charge in [-0.2, -0.15) is 4.98 Å². The third kappa shape index (κ3) is 3.30. The molecule has 1 fully saturated rings. The zero-order valence-corrected chi connectivity index (χ0v) is 12.1. The molecule has 21 heavy (non-hydrogen) atoms. The molecule has 0 atom stereocenters. The number of carbonyl (C=O) groups is 1. The van der Waals surface area contributed by atoms with Crippen LogP contribution in [0.5, 0.6) is 0 Å². The van der Waals surface area contributed by atoms with Crippen molar-refractivity contribution in [3.8, 4) is 0 Å². The van der Waals surface area contributed by atoms with Gasteiger partial charge >= 0.3 is 0 Å². The first-order chi connectivity index (χ1) is 9.93. The van der Waals surface area contributed by atoms with Crippen molar-refractivity contribution in [2.75, 3.05) is 0 Å². The SMILES string of the molecule is Cn1ccc(C(=O)NS(=O)(=O)Cc2noc(C3CC3)n2)c1. The van der Waals surface area contributed by atoms with Crippen LogP contribution in [0.4, 0.5) is 0 Å². The molecule has 0 bridgehead atoms. The summed E-state index contributed by atoms with van der Waals surface area (Å²) < 4.78 is 32.5. The van der Waals surface area contributed by atoms with Gasteiger partial charge in [0.25, 0.3) is 5.91 Å². The zero-order chi connectivity index (χ0) is 15.0. The van der Waals surface area contributed by atoms with Crippen LogP contribution in [-0.2, 0) is 22.8 Å². The van der Waals surface area contributed by atoms with Crippen LogP contribution in [0.3, 0.4) is 0 Å². The number of carbonyl (C=O) groups excluding carboxylic acids is 1. The van der Waals surface area contributed by atoms with Crippen LogP contribution in [0.2, 0.25) is 0 Å². The molecule has 0 spiro atoms. The normalized spacial score (nSPS) is 15.1. The smallest absolute Gasteiger partial charge is 0.266 e. The highest BCUT2D eigenvalue weighted by molar-refractivity contribution is 7.89. The molecule has 2 aromatic rings. The van der Waals surface area contributed by atoms with Crippen molar-refractivity contribution in [1.29, 1.82) is 0 Å². The number of aryl methyl sites for hydroxylation is 1. The van der Waals surface area contributed by atoms with Gasteiger partial charge in [0.15, 0.2) is 5.82 Å². The van der Waals surface area contributed by atoms with Gasteiger partial charge in [0.1, 0.15) is 5.75 Å². The van der Waals surface area contributed by atoms with Crippen LogP contribution < -0.4 is 4.72 Å². The van der Waals surface area contributed by atoms with E-state index in [9.17, 15) is 13.2 Å². The van der Waals surface area contributed by atoms with E-state index in [-0.39, 0.29) is 17.3 Å². The summed E-state index contributed by atoms with van der Waals surface area (Å²) in [4.78, 5) is 15.8. The van der Waals surface area contributed by atoms with Crippen molar-refractivity contribution < 1.29 is 17.7 Å². The number of sulfonamides is 1. The minimum Gasteiger partial charge on any atom is -0.356 e. The van der Waals surface area contributed by atoms with Crippen molar-refractivity contribution in [3.63, 3.8) is 0 Å². The Hall–Kier alpha value is -2.16. The minimum atomic E-state index is -3.86. The molecule has 9 heteroatoms. The van der Waals surface area contributed by atoms with E-state index in [1.165, 1.54) is 12.3 Å². The highest BCUT2D eigenvalue weighted by Crippen LogP contribution is 2.38. The third-order valence-corrected chi connectivity index (χ3v) is 4.21. The average Bonchev–Trinajstić information content (AvgIpc) is 2.99. The lowest BCUT2D eigenvalue weighted by Crippen LogP contribution is -2.31. The van der Waals surface area contributed by atoms with Gasteiger partial charge < -0.3 is 9.09 Å². The Kier molecular flexibility index (Phi) is 3.28. The Balaban J connectivity index is 1.66. The van der Waals surface area contributed by atoms with Crippen molar-refractivity contribution in [3.05, 3.63) is 35.7 Å². The molecule has 1 saturated carbocycles. The summed E-state index contributed by atoms with van der Waals surface area (Å²) in [6.07, 6.45) is 5.16. The molecule has 0 aromatic carbocycles. The van der Waals surface area contributed by atoms with Crippen LogP contribution in [0.25, 0.3) is 0 Å². The van der Waals surface area contributed by atoms with Gasteiger partial charge in [-0.15, -0.1) is 0 Å². The first-order valence-electron chi connectivity index (χ1n) is 6.42. The molecule has 3 rings (SSSR count). The second-order valence-electron chi connectivity index (χ2n) is 5.08. The van der Waals surface area contributed by atoms with Gasteiger partial charge in [-0.25, -0.2) is 13.1 Å². The van der Waals surface area contributed by atoms with Crippen LogP contribution in [0.15, 0.2) is 23.0 Å². The van der Waals surface area contributed by atoms with E-state index in [1.54, 1.807) is 17.8 Å². The lowest BCUT2D eigenvalue weighted by atomic mass is 10.3. The van der Waals surface area contributed by atoms with Gasteiger partial charge in [0, 0.05) is 25.4 Å². The van der Waals surface area contributed by atoms with E-state index in [0.29, 0.717) is 5.89 Å². The van der Waals surface area contributed by atoms with Crippen LogP contribution in [-0.4, -0.2) is 29.0 Å². The highest BCUT2D eigenvalue weighted by atomic mass is 32.2. The number of hydrogen-bond donors (Lipinski definition) is 1. The van der Waals surface area contributed by atoms with Crippen molar-refractivity contribution >= 4 is 15.9 Å². The summed E-state index contributed by atoms with van der Waals surface area (Å²) in [7, 11) is -2.12. The second kappa shape index (κ2) is 4.99. The van der Waals surface area contributed by atoms with E-state index >= 15 is 0 Å². The fourth-order valence-electron chi connectivity index (χ4n) is 1.87. The van der Waals surface area contributed by atoms with Crippen LogP contribution >= 0.6 is 0 Å². The summed E-state index contributed by atoms with van der Waals surface area (Å²) >= 11 is 0. The summed E-state index contributed by atoms with van der Waals surface area (Å²) in [6, 6.07) is 1.53. The van der Waals surface area contributed by atoms with Gasteiger partial charge in [0.2, 0.25) is 15.9 Å². The van der Waals surface area contributed by atoms with Gasteiger partial charge in [-0.3, -0.25) is 4.79 Å². The number of nitrogens with one attached hydrogen (secondary N) is 1. The fraction of sp³-hybridized carbons (Fsp3) is 0.417. The summed E-state index contributed by atoms with van der Waals surface area (Å²) in [6.45, 7) is 0. The first-order valence-corrected chi connectivity index (χ1v) is 8.07. The average molecular weight is 310 g/mol. The van der Waals surface area contributed by atoms with E-state index in [4.69, 9.17) is 4.52 Å². The number of amides is 1. The van der Waals surface area contributed by atoms with Gasteiger partial charge in [-0.05, 0) is 18.9 Å². The maximum atomic E-state index is 11.9. The number of rotatable bonds is 5. The molecule has 1 amide bonds. The molecule has 0 aliphatic heterocycles. The van der Waals surface area contributed by atoms with Gasteiger partial charge in [0.05, 0.1) is 5.56 Å². The number of nitrogens with zero attached hydrogens (tertiary/aromatic N) is 3. The summed E-state index contributed by atoms with van der Waals surface area (Å²) in [5, 5.41) is 3.63. The molecular formula is C12H14N4O4S. The first kappa shape index (κ1) is 13.8. The standard InChI is InChI=1S/C12H14N4O4S/c1-16-5-4-9(6-16)11(17)15-21(18,19)7-10-13-12(20-14-10)8-2-3-8/h4-6,8H,2-3,7H2,1H3,(H,15,17). The molecule has 2 heterocycles. The van der Waals surface area contributed by atoms with Crippen molar-refractivity contribution in [1.82, 2.24) is 19.4 Å². The molecule has 1 N–H and O–H groups in total. The number of hydrogen-bond acceptors (Lipinski definition) is 6. The molecule has 0 radical (unpaired) electrons. The third-order valence-electron chi connectivity index (χ3n) is 3.07. The lowest BCUT2D eigenvalue weighted by molar-refractivity contribution is 0.0981. The number of aromatic nitrogens is 3. The topological polar surface area (TPSA) is 107 Å². The molecule has 112 valence electrons. The molecular weight excluding hydrogens is 296 g/mol. The predicted octanol–water partition coefficient (Wildman–Crippen LogP) is 0.545. The van der Waals surface area contributed by atoms with E-state index < -0.39 is 21.7 Å². The van der Waals surface area contributed by atoms with Crippen molar-refractivity contribution in [2.24, 2.45) is 7.05 Å². The minimum absolute atomic E-state index is 0.0604. The Bertz CT molecular complexity index is 773. The predicted molar refractivity (Wildman–Crippen MR) is 71.8 cm³/mol. The van der Waals surface area contributed by atoms with Gasteiger partial charge in [-0.1, -0.05) is 5.16 Å². The Labute approximate surface area is 121 Å². The molecule has 1 aliphatic carbocycles. The Morgan fingerprint density at radius 1 is 1.52 bits per heavy atom. The fourth-order valence-corrected chi connectivity index (χ4v) is 2.80. The van der Waals surface area contributed by atoms with E-state index in [2.05, 4.69) is 10.1 Å². The quantitative estimate of drug-likeness (QED) is 0.864. The van der Waals surface area contributed by atoms with E-state index in [0.717, 1.165) is 12.8 Å². The molecule has 0 unspecified atom stereocenters. The lowest BCUT2D eigenvalue weighted by Gasteiger charge is -2.03. The van der Waals surface area contributed by atoms with E-state index in [1.807, 2.05) is 4.72 Å². The summed E-state index contributed by atoms with van der Waals surface area (Å²) in [5.74, 6) is -0.379. The monoisotopic (exact) mass is 310 g/mol. The Morgan fingerprint density at radius 2 is 2.29 bits per heavy atom. The molecule has 0 saturated heterocycles. The van der Waals surface area contributed by atoms with Crippen molar-refractivity contribution in [2.45, 2.75) is 24.5 Å². The molecule has 8 nitrogen and oxygen atoms in total. The highest BCUT2D eigenvalue weighted by Gasteiger charge is 2.30. The second-order valence-corrected chi connectivity index (χ2v) is 6.80. The zero-order valence-electron chi connectivity index (χ0n) is 11.3. The van der Waals surface area contributed by atoms with Crippen LogP contribution in [0.1, 0.15) is 40.8 Å². The maximum absolute atomic E-state index is 11.9. The van der Waals surface area contributed by atoms with Crippen LogP contribution in [0, 0.1) is 0 Å². The molecule has 1 aliphatic rings. The molecule has 2 aromatic heterocycles.